The van der Waals surface area contributed by atoms with Crippen LogP contribution in [0.25, 0.3) is 5.65 Å². The molecule has 2 heterocycles. The van der Waals surface area contributed by atoms with E-state index in [1.54, 1.807) is 40.9 Å². The van der Waals surface area contributed by atoms with E-state index < -0.39 is 0 Å². The summed E-state index contributed by atoms with van der Waals surface area (Å²) in [4.78, 5) is 0. The highest BCUT2D eigenvalue weighted by atomic mass is 35.5. The molecule has 0 aliphatic heterocycles. The van der Waals surface area contributed by atoms with Gasteiger partial charge in [-0.15, -0.1) is 10.2 Å². The van der Waals surface area contributed by atoms with E-state index in [2.05, 4.69) is 10.2 Å². The number of ether oxygens (including phenoxy) is 1. The standard InChI is InChI=1S/C13H10ClN3O2/c14-9-4-5-12-15-16-13(17(12)7-9)8-19-11-3-1-2-10(18)6-11/h1-7,18H,8H2. The Kier molecular flexibility index (Phi) is 2.97. The molecule has 96 valence electrons. The molecular formula is C13H10ClN3O2. The minimum absolute atomic E-state index is 0.159. The van der Waals surface area contributed by atoms with Crippen molar-refractivity contribution < 1.29 is 9.84 Å². The molecule has 2 aromatic heterocycles. The molecule has 5 nitrogen and oxygen atoms in total. The van der Waals surface area contributed by atoms with Crippen molar-refractivity contribution in [3.8, 4) is 11.5 Å². The second-order valence-electron chi connectivity index (χ2n) is 3.98. The van der Waals surface area contributed by atoms with Gasteiger partial charge in [0.05, 0.1) is 5.02 Å². The molecule has 0 atom stereocenters. The monoisotopic (exact) mass is 275 g/mol. The smallest absolute Gasteiger partial charge is 0.175 e. The molecule has 0 spiro atoms. The first-order valence-electron chi connectivity index (χ1n) is 5.63. The number of phenolic OH excluding ortho intramolecular Hbond substituents is 1. The van der Waals surface area contributed by atoms with Gasteiger partial charge in [0.1, 0.15) is 18.1 Å². The molecule has 0 amide bonds. The van der Waals surface area contributed by atoms with E-state index in [0.717, 1.165) is 0 Å². The highest BCUT2D eigenvalue weighted by Crippen LogP contribution is 2.19. The van der Waals surface area contributed by atoms with Crippen LogP contribution < -0.4 is 4.74 Å². The fourth-order valence-corrected chi connectivity index (χ4v) is 1.89. The Bertz CT molecular complexity index is 727. The van der Waals surface area contributed by atoms with Crippen LogP contribution in [0.3, 0.4) is 0 Å². The van der Waals surface area contributed by atoms with Gasteiger partial charge in [0.25, 0.3) is 0 Å². The molecule has 0 radical (unpaired) electrons. The molecule has 1 aromatic carbocycles. The molecule has 0 aliphatic rings. The summed E-state index contributed by atoms with van der Waals surface area (Å²) < 4.78 is 7.32. The number of aromatic nitrogens is 3. The summed E-state index contributed by atoms with van der Waals surface area (Å²) >= 11 is 5.94. The van der Waals surface area contributed by atoms with Gasteiger partial charge in [0, 0.05) is 12.3 Å². The lowest BCUT2D eigenvalue weighted by atomic mass is 10.3. The van der Waals surface area contributed by atoms with Gasteiger partial charge in [-0.1, -0.05) is 17.7 Å². The summed E-state index contributed by atoms with van der Waals surface area (Å²) in [5.74, 6) is 1.37. The van der Waals surface area contributed by atoms with Crippen LogP contribution in [0.1, 0.15) is 5.82 Å². The van der Waals surface area contributed by atoms with E-state index in [0.29, 0.717) is 22.2 Å². The zero-order valence-electron chi connectivity index (χ0n) is 9.82. The molecule has 1 N–H and O–H groups in total. The molecule has 0 saturated heterocycles. The third kappa shape index (κ3) is 2.46. The van der Waals surface area contributed by atoms with Crippen molar-refractivity contribution in [3.63, 3.8) is 0 Å². The van der Waals surface area contributed by atoms with Gasteiger partial charge >= 0.3 is 0 Å². The van der Waals surface area contributed by atoms with Crippen LogP contribution in [0.15, 0.2) is 42.6 Å². The van der Waals surface area contributed by atoms with Crippen LogP contribution in [0, 0.1) is 0 Å². The average Bonchev–Trinajstić information content (AvgIpc) is 2.79. The van der Waals surface area contributed by atoms with Crippen LogP contribution in [0.4, 0.5) is 0 Å². The van der Waals surface area contributed by atoms with Crippen LogP contribution in [-0.2, 0) is 6.61 Å². The Labute approximate surface area is 114 Å². The number of hydrogen-bond acceptors (Lipinski definition) is 4. The van der Waals surface area contributed by atoms with Crippen LogP contribution in [0.2, 0.25) is 5.02 Å². The number of halogens is 1. The number of rotatable bonds is 3. The first-order valence-corrected chi connectivity index (χ1v) is 6.01. The largest absolute Gasteiger partial charge is 0.508 e. The van der Waals surface area contributed by atoms with Gasteiger partial charge in [-0.05, 0) is 24.3 Å². The molecule has 3 aromatic rings. The number of benzene rings is 1. The molecule has 6 heteroatoms. The normalized spacial score (nSPS) is 10.8. The molecular weight excluding hydrogens is 266 g/mol. The topological polar surface area (TPSA) is 59.7 Å². The summed E-state index contributed by atoms with van der Waals surface area (Å²) in [6.45, 7) is 0.241. The minimum atomic E-state index is 0.159. The summed E-state index contributed by atoms with van der Waals surface area (Å²) in [6, 6.07) is 10.1. The number of phenols is 1. The lowest BCUT2D eigenvalue weighted by molar-refractivity contribution is 0.293. The van der Waals surface area contributed by atoms with Crippen LogP contribution in [-0.4, -0.2) is 19.7 Å². The number of aromatic hydroxyl groups is 1. The van der Waals surface area contributed by atoms with E-state index >= 15 is 0 Å². The highest BCUT2D eigenvalue weighted by molar-refractivity contribution is 6.30. The predicted octanol–water partition coefficient (Wildman–Crippen LogP) is 2.67. The van der Waals surface area contributed by atoms with Gasteiger partial charge in [-0.3, -0.25) is 4.40 Å². The van der Waals surface area contributed by atoms with Gasteiger partial charge < -0.3 is 9.84 Å². The number of hydrogen-bond donors (Lipinski definition) is 1. The first kappa shape index (κ1) is 11.8. The fraction of sp³-hybridized carbons (Fsp3) is 0.0769. The van der Waals surface area contributed by atoms with E-state index in [1.807, 2.05) is 0 Å². The highest BCUT2D eigenvalue weighted by Gasteiger charge is 2.06. The van der Waals surface area contributed by atoms with Crippen molar-refractivity contribution in [1.82, 2.24) is 14.6 Å². The van der Waals surface area contributed by atoms with E-state index in [4.69, 9.17) is 16.3 Å². The number of pyridine rings is 1. The number of fused-ring (bicyclic) bond motifs is 1. The second-order valence-corrected chi connectivity index (χ2v) is 4.41. The maximum Gasteiger partial charge on any atom is 0.175 e. The molecule has 0 saturated carbocycles. The lowest BCUT2D eigenvalue weighted by Gasteiger charge is -2.05. The van der Waals surface area contributed by atoms with Gasteiger partial charge in [-0.25, -0.2) is 0 Å². The molecule has 19 heavy (non-hydrogen) atoms. The summed E-state index contributed by atoms with van der Waals surface area (Å²) in [5.41, 5.74) is 0.707. The Hall–Kier alpha value is -2.27. The third-order valence-corrected chi connectivity index (χ3v) is 2.85. The minimum Gasteiger partial charge on any atom is -0.508 e. The van der Waals surface area contributed by atoms with Crippen molar-refractivity contribution >= 4 is 17.2 Å². The van der Waals surface area contributed by atoms with E-state index in [1.165, 1.54) is 6.07 Å². The molecule has 0 fully saturated rings. The zero-order valence-corrected chi connectivity index (χ0v) is 10.6. The predicted molar refractivity (Wildman–Crippen MR) is 70.4 cm³/mol. The Morgan fingerprint density at radius 3 is 2.95 bits per heavy atom. The van der Waals surface area contributed by atoms with E-state index in [-0.39, 0.29) is 12.4 Å². The lowest BCUT2D eigenvalue weighted by Crippen LogP contribution is -2.01. The van der Waals surface area contributed by atoms with E-state index in [9.17, 15) is 5.11 Å². The van der Waals surface area contributed by atoms with Crippen molar-refractivity contribution in [2.24, 2.45) is 0 Å². The van der Waals surface area contributed by atoms with Crippen molar-refractivity contribution in [1.29, 1.82) is 0 Å². The fourth-order valence-electron chi connectivity index (χ4n) is 1.73. The average molecular weight is 276 g/mol. The van der Waals surface area contributed by atoms with Crippen molar-refractivity contribution in [2.45, 2.75) is 6.61 Å². The maximum absolute atomic E-state index is 9.35. The molecule has 0 bridgehead atoms. The maximum atomic E-state index is 9.35. The molecule has 3 rings (SSSR count). The quantitative estimate of drug-likeness (QED) is 0.798. The van der Waals surface area contributed by atoms with Crippen molar-refractivity contribution in [2.75, 3.05) is 0 Å². The van der Waals surface area contributed by atoms with Crippen molar-refractivity contribution in [3.05, 3.63) is 53.4 Å². The summed E-state index contributed by atoms with van der Waals surface area (Å²) in [5, 5.41) is 18.0. The Balaban J connectivity index is 1.84. The van der Waals surface area contributed by atoms with Crippen LogP contribution in [0.5, 0.6) is 11.5 Å². The SMILES string of the molecule is Oc1cccc(OCc2nnc3ccc(Cl)cn23)c1. The Morgan fingerprint density at radius 2 is 2.11 bits per heavy atom. The third-order valence-electron chi connectivity index (χ3n) is 2.62. The summed E-state index contributed by atoms with van der Waals surface area (Å²) in [6.07, 6.45) is 1.73. The number of nitrogens with zero attached hydrogens (tertiary/aromatic N) is 3. The zero-order chi connectivity index (χ0) is 13.2. The molecule has 0 aliphatic carbocycles. The second kappa shape index (κ2) is 4.78. The summed E-state index contributed by atoms with van der Waals surface area (Å²) in [7, 11) is 0. The Morgan fingerprint density at radius 1 is 1.21 bits per heavy atom. The first-order chi connectivity index (χ1) is 9.22. The molecule has 0 unspecified atom stereocenters. The van der Waals surface area contributed by atoms with Crippen LogP contribution >= 0.6 is 11.6 Å². The van der Waals surface area contributed by atoms with Gasteiger partial charge in [0.2, 0.25) is 0 Å². The van der Waals surface area contributed by atoms with Gasteiger partial charge in [-0.2, -0.15) is 0 Å². The van der Waals surface area contributed by atoms with Gasteiger partial charge in [0.15, 0.2) is 11.5 Å².